The highest BCUT2D eigenvalue weighted by atomic mass is 16.3. The Kier molecular flexibility index (Phi) is 4.20. The van der Waals surface area contributed by atoms with E-state index in [0.29, 0.717) is 19.6 Å². The van der Waals surface area contributed by atoms with Crippen LogP contribution in [0.1, 0.15) is 11.8 Å². The fourth-order valence-corrected chi connectivity index (χ4v) is 2.65. The molecule has 0 radical (unpaired) electrons. The average molecular weight is 316 g/mol. The van der Waals surface area contributed by atoms with Gasteiger partial charge in [-0.25, -0.2) is 14.5 Å². The molecule has 4 amide bonds. The minimum Gasteiger partial charge on any atom is -0.459 e. The molecule has 1 aromatic heterocycles. The first-order valence-corrected chi connectivity index (χ1v) is 7.54. The summed E-state index contributed by atoms with van der Waals surface area (Å²) in [5.74, 6) is 0.780. The van der Waals surface area contributed by atoms with E-state index in [2.05, 4.69) is 10.6 Å². The second-order valence-electron chi connectivity index (χ2n) is 5.74. The molecule has 23 heavy (non-hydrogen) atoms. The second kappa shape index (κ2) is 6.29. The van der Waals surface area contributed by atoms with Crippen LogP contribution in [-0.2, 0) is 0 Å². The van der Waals surface area contributed by atoms with E-state index in [1.807, 2.05) is 49.3 Å². The number of benzene rings is 1. The Hall–Kier alpha value is -2.54. The molecule has 2 aromatic rings. The Labute approximate surface area is 134 Å². The van der Waals surface area contributed by atoms with Crippen LogP contribution in [0.5, 0.6) is 0 Å². The molecule has 1 fully saturated rings. The number of carbonyl (C=O) groups is 2. The number of furan rings is 1. The largest absolute Gasteiger partial charge is 0.459 e. The van der Waals surface area contributed by atoms with Crippen molar-refractivity contribution in [3.8, 4) is 0 Å². The molecular weight excluding hydrogens is 296 g/mol. The van der Waals surface area contributed by atoms with Gasteiger partial charge in [0.25, 0.3) is 0 Å². The quantitative estimate of drug-likeness (QED) is 0.901. The van der Waals surface area contributed by atoms with E-state index in [0.717, 1.165) is 16.7 Å². The van der Waals surface area contributed by atoms with Crippen LogP contribution >= 0.6 is 0 Å². The van der Waals surface area contributed by atoms with Gasteiger partial charge in [-0.15, -0.1) is 0 Å². The Morgan fingerprint density at radius 1 is 1.43 bits per heavy atom. The molecule has 1 saturated heterocycles. The van der Waals surface area contributed by atoms with Gasteiger partial charge >= 0.3 is 12.1 Å². The molecule has 122 valence electrons. The smallest absolute Gasteiger partial charge is 0.325 e. The summed E-state index contributed by atoms with van der Waals surface area (Å²) in [6.45, 7) is 1.24. The molecule has 3 rings (SSSR count). The van der Waals surface area contributed by atoms with Crippen molar-refractivity contribution in [1.29, 1.82) is 0 Å². The van der Waals surface area contributed by atoms with Crippen LogP contribution in [0.3, 0.4) is 0 Å². The van der Waals surface area contributed by atoms with Gasteiger partial charge in [0.2, 0.25) is 0 Å². The topological polar surface area (TPSA) is 77.8 Å². The van der Waals surface area contributed by atoms with Crippen molar-refractivity contribution in [2.24, 2.45) is 0 Å². The fourth-order valence-electron chi connectivity index (χ4n) is 2.65. The van der Waals surface area contributed by atoms with Gasteiger partial charge in [0.05, 0.1) is 6.04 Å². The number of nitrogens with zero attached hydrogens (tertiary/aromatic N) is 2. The summed E-state index contributed by atoms with van der Waals surface area (Å²) in [6.07, 6.45) is 0. The van der Waals surface area contributed by atoms with Gasteiger partial charge in [-0.05, 0) is 26.2 Å². The highest BCUT2D eigenvalue weighted by Gasteiger charge is 2.27. The third kappa shape index (κ3) is 3.14. The molecular formula is C16H20N4O3. The van der Waals surface area contributed by atoms with Crippen LogP contribution in [0.2, 0.25) is 0 Å². The van der Waals surface area contributed by atoms with Crippen molar-refractivity contribution >= 4 is 23.0 Å². The Bertz CT molecular complexity index is 692. The summed E-state index contributed by atoms with van der Waals surface area (Å²) in [7, 11) is 3.85. The van der Waals surface area contributed by atoms with Gasteiger partial charge in [0.15, 0.2) is 0 Å². The molecule has 2 heterocycles. The van der Waals surface area contributed by atoms with Crippen LogP contribution in [0, 0.1) is 0 Å². The van der Waals surface area contributed by atoms with E-state index >= 15 is 0 Å². The van der Waals surface area contributed by atoms with Gasteiger partial charge in [-0.3, -0.25) is 4.90 Å². The second-order valence-corrected chi connectivity index (χ2v) is 5.74. The van der Waals surface area contributed by atoms with Crippen molar-refractivity contribution in [3.63, 3.8) is 0 Å². The van der Waals surface area contributed by atoms with Gasteiger partial charge in [-0.1, -0.05) is 18.2 Å². The number of amides is 4. The molecule has 7 nitrogen and oxygen atoms in total. The number of imide groups is 1. The van der Waals surface area contributed by atoms with Crippen LogP contribution in [0.4, 0.5) is 9.59 Å². The summed E-state index contributed by atoms with van der Waals surface area (Å²) in [4.78, 5) is 26.7. The zero-order chi connectivity index (χ0) is 16.4. The number of carbonyl (C=O) groups excluding carboxylic acids is 2. The van der Waals surface area contributed by atoms with E-state index in [1.54, 1.807) is 0 Å². The number of rotatable bonds is 4. The van der Waals surface area contributed by atoms with E-state index in [9.17, 15) is 9.59 Å². The van der Waals surface area contributed by atoms with E-state index in [4.69, 9.17) is 4.42 Å². The summed E-state index contributed by atoms with van der Waals surface area (Å²) in [5.41, 5.74) is 0.819. The first-order chi connectivity index (χ1) is 11.1. The van der Waals surface area contributed by atoms with Gasteiger partial charge in [-0.2, -0.15) is 0 Å². The van der Waals surface area contributed by atoms with E-state index < -0.39 is 0 Å². The number of hydrogen-bond donors (Lipinski definition) is 2. The summed E-state index contributed by atoms with van der Waals surface area (Å²) < 4.78 is 5.88. The SMILES string of the molecule is CN(C)[C@H](CNC(=O)N1CCNC1=O)c1cc2ccccc2o1. The Morgan fingerprint density at radius 2 is 2.22 bits per heavy atom. The zero-order valence-corrected chi connectivity index (χ0v) is 13.2. The number of likely N-dealkylation sites (N-methyl/N-ethyl adjacent to an activating group) is 1. The summed E-state index contributed by atoms with van der Waals surface area (Å²) in [6, 6.07) is 8.91. The number of para-hydroxylation sites is 1. The highest BCUT2D eigenvalue weighted by Crippen LogP contribution is 2.26. The average Bonchev–Trinajstić information content (AvgIpc) is 3.12. The first kappa shape index (κ1) is 15.4. The van der Waals surface area contributed by atoms with Crippen LogP contribution in [0.25, 0.3) is 11.0 Å². The maximum Gasteiger partial charge on any atom is 0.325 e. The molecule has 2 N–H and O–H groups in total. The fraction of sp³-hybridized carbons (Fsp3) is 0.375. The Balaban J connectivity index is 1.71. The third-order valence-electron chi connectivity index (χ3n) is 3.94. The van der Waals surface area contributed by atoms with E-state index in [-0.39, 0.29) is 18.1 Å². The lowest BCUT2D eigenvalue weighted by molar-refractivity contribution is 0.193. The number of hydrogen-bond acceptors (Lipinski definition) is 4. The normalized spacial score (nSPS) is 16.0. The van der Waals surface area contributed by atoms with Gasteiger partial charge in [0, 0.05) is 25.0 Å². The predicted molar refractivity (Wildman–Crippen MR) is 86.1 cm³/mol. The van der Waals surface area contributed by atoms with Crippen molar-refractivity contribution in [3.05, 3.63) is 36.1 Å². The molecule has 0 bridgehead atoms. The molecule has 1 atom stereocenters. The molecule has 1 aliphatic heterocycles. The van der Waals surface area contributed by atoms with E-state index in [1.165, 1.54) is 4.90 Å². The number of nitrogens with one attached hydrogen (secondary N) is 2. The zero-order valence-electron chi connectivity index (χ0n) is 13.2. The molecule has 1 aromatic carbocycles. The molecule has 7 heteroatoms. The molecule has 0 saturated carbocycles. The van der Waals surface area contributed by atoms with Gasteiger partial charge < -0.3 is 15.1 Å². The van der Waals surface area contributed by atoms with Crippen molar-refractivity contribution < 1.29 is 14.0 Å². The number of fused-ring (bicyclic) bond motifs is 1. The lowest BCUT2D eigenvalue weighted by atomic mass is 10.2. The summed E-state index contributed by atoms with van der Waals surface area (Å²) >= 11 is 0. The van der Waals surface area contributed by atoms with Crippen LogP contribution < -0.4 is 10.6 Å². The lowest BCUT2D eigenvalue weighted by Gasteiger charge is -2.23. The molecule has 0 spiro atoms. The monoisotopic (exact) mass is 316 g/mol. The maximum atomic E-state index is 12.1. The van der Waals surface area contributed by atoms with Crippen molar-refractivity contribution in [2.75, 3.05) is 33.7 Å². The number of urea groups is 2. The van der Waals surface area contributed by atoms with Crippen LogP contribution in [0.15, 0.2) is 34.7 Å². The van der Waals surface area contributed by atoms with Crippen molar-refractivity contribution in [1.82, 2.24) is 20.4 Å². The highest BCUT2D eigenvalue weighted by molar-refractivity contribution is 5.94. The molecule has 0 aliphatic carbocycles. The lowest BCUT2D eigenvalue weighted by Crippen LogP contribution is -2.44. The van der Waals surface area contributed by atoms with Crippen LogP contribution in [-0.4, -0.2) is 55.6 Å². The summed E-state index contributed by atoms with van der Waals surface area (Å²) in [5, 5.41) is 6.44. The third-order valence-corrected chi connectivity index (χ3v) is 3.94. The maximum absolute atomic E-state index is 12.1. The predicted octanol–water partition coefficient (Wildman–Crippen LogP) is 1.77. The minimum atomic E-state index is -0.386. The van der Waals surface area contributed by atoms with Gasteiger partial charge in [0.1, 0.15) is 11.3 Å². The standard InChI is InChI=1S/C16H20N4O3/c1-19(2)12(10-18-16(22)20-8-7-17-15(20)21)14-9-11-5-3-4-6-13(11)23-14/h3-6,9,12H,7-8,10H2,1-2H3,(H,17,21)(H,18,22)/t12-/m1/s1. The Morgan fingerprint density at radius 3 is 2.87 bits per heavy atom. The minimum absolute atomic E-state index is 0.114. The first-order valence-electron chi connectivity index (χ1n) is 7.54. The molecule has 0 unspecified atom stereocenters. The molecule has 1 aliphatic rings. The van der Waals surface area contributed by atoms with Crippen molar-refractivity contribution in [2.45, 2.75) is 6.04 Å².